The molecule has 1 N–H and O–H groups in total. The molecule has 0 bridgehead atoms. The van der Waals surface area contributed by atoms with Crippen molar-refractivity contribution in [1.82, 2.24) is 9.80 Å². The van der Waals surface area contributed by atoms with Crippen molar-refractivity contribution >= 4 is 35.1 Å². The Morgan fingerprint density at radius 3 is 1.58 bits per heavy atom. The van der Waals surface area contributed by atoms with Gasteiger partial charge in [-0.15, -0.1) is 0 Å². The molecule has 0 saturated carbocycles. The summed E-state index contributed by atoms with van der Waals surface area (Å²) in [6.45, 7) is 4.78. The van der Waals surface area contributed by atoms with Gasteiger partial charge >= 0.3 is 11.9 Å². The summed E-state index contributed by atoms with van der Waals surface area (Å²) in [6, 6.07) is 21.0. The van der Waals surface area contributed by atoms with E-state index in [1.807, 2.05) is 43.3 Å². The van der Waals surface area contributed by atoms with E-state index < -0.39 is 5.97 Å². The largest absolute Gasteiger partial charge is 0.496 e. The van der Waals surface area contributed by atoms with Crippen molar-refractivity contribution in [1.29, 1.82) is 0 Å². The summed E-state index contributed by atoms with van der Waals surface area (Å²) in [7, 11) is 3.40. The number of carbonyl (C=O) groups is 2. The number of aliphatic carboxylic acids is 1. The lowest BCUT2D eigenvalue weighted by Crippen LogP contribution is -2.51. The summed E-state index contributed by atoms with van der Waals surface area (Å²) >= 11 is 14.6. The summed E-state index contributed by atoms with van der Waals surface area (Å²) < 4.78 is 17.2. The minimum Gasteiger partial charge on any atom is -0.496 e. The second-order valence-electron chi connectivity index (χ2n) is 14.3. The van der Waals surface area contributed by atoms with Crippen LogP contribution in [0.2, 0.25) is 10.0 Å². The van der Waals surface area contributed by atoms with Gasteiger partial charge in [0.15, 0.2) is 0 Å². The van der Waals surface area contributed by atoms with E-state index in [0.717, 1.165) is 76.1 Å². The first-order chi connectivity index (χ1) is 25.2. The molecule has 2 heterocycles. The minimum absolute atomic E-state index is 0.0660. The van der Waals surface area contributed by atoms with Crippen molar-refractivity contribution in [2.24, 2.45) is 11.8 Å². The molecular formula is C42H42Cl2N2O6. The molecule has 2 fully saturated rings. The van der Waals surface area contributed by atoms with E-state index in [-0.39, 0.29) is 29.9 Å². The molecule has 0 aromatic heterocycles. The number of carboxylic acid groups (broad SMARTS) is 1. The molecule has 2 saturated heterocycles. The smallest absolute Gasteiger partial charge is 0.311 e. The normalized spacial score (nSPS) is 20.2. The lowest BCUT2D eigenvalue weighted by molar-refractivity contribution is -0.155. The fourth-order valence-corrected chi connectivity index (χ4v) is 9.49. The van der Waals surface area contributed by atoms with Crippen LogP contribution in [-0.4, -0.2) is 73.9 Å². The van der Waals surface area contributed by atoms with Crippen molar-refractivity contribution in [2.45, 2.75) is 44.7 Å². The number of fused-ring (bicyclic) bond motifs is 2. The van der Waals surface area contributed by atoms with Crippen LogP contribution in [0, 0.1) is 11.8 Å². The van der Waals surface area contributed by atoms with Gasteiger partial charge in [0.2, 0.25) is 0 Å². The van der Waals surface area contributed by atoms with Gasteiger partial charge < -0.3 is 19.3 Å². The lowest BCUT2D eigenvalue weighted by Gasteiger charge is -2.42. The van der Waals surface area contributed by atoms with Crippen molar-refractivity contribution in [2.75, 3.05) is 47.0 Å². The minimum atomic E-state index is -0.729. The van der Waals surface area contributed by atoms with Crippen LogP contribution in [0.25, 0.3) is 33.4 Å². The Balaban J connectivity index is 1.08. The second-order valence-corrected chi connectivity index (χ2v) is 15.1. The molecule has 2 atom stereocenters. The van der Waals surface area contributed by atoms with Crippen molar-refractivity contribution < 1.29 is 28.9 Å². The molecule has 0 radical (unpaired) electrons. The van der Waals surface area contributed by atoms with Gasteiger partial charge in [0.05, 0.1) is 42.7 Å². The zero-order valence-electron chi connectivity index (χ0n) is 29.6. The van der Waals surface area contributed by atoms with Crippen LogP contribution < -0.4 is 9.47 Å². The number of benzene rings is 4. The standard InChI is InChI=1S/C42H42Cl2N2O6/c1-4-52-42(49)28-21-46(22-28)34-14-12-24-16-26(18-36(51-3)38(24)34)30-8-6-10-32(40(30)44)31-9-5-7-29(39(31)43)25-15-23-11-13-33(37(23)35(17-25)50-2)45-19-27(20-45)41(47)48/h5-10,15-18,27-28,33-34H,4,11-14,19-22H2,1-3H3,(H,47,48)/t33-,34?/m0/s1. The van der Waals surface area contributed by atoms with Crippen molar-refractivity contribution in [3.8, 4) is 44.9 Å². The Morgan fingerprint density at radius 2 is 1.15 bits per heavy atom. The number of carboxylic acids is 1. The van der Waals surface area contributed by atoms with Gasteiger partial charge in [-0.1, -0.05) is 71.7 Å². The molecule has 1 unspecified atom stereocenters. The van der Waals surface area contributed by atoms with Gasteiger partial charge in [-0.3, -0.25) is 19.4 Å². The van der Waals surface area contributed by atoms with Crippen LogP contribution in [0.15, 0.2) is 60.7 Å². The molecule has 4 aromatic rings. The molecule has 0 spiro atoms. The van der Waals surface area contributed by atoms with E-state index in [0.29, 0.717) is 42.8 Å². The average molecular weight is 742 g/mol. The summed E-state index contributed by atoms with van der Waals surface area (Å²) in [5.41, 5.74) is 10.2. The number of carbonyl (C=O) groups excluding carboxylic acids is 1. The number of aryl methyl sites for hydroxylation is 2. The quantitative estimate of drug-likeness (QED) is 0.162. The van der Waals surface area contributed by atoms with Gasteiger partial charge in [0.1, 0.15) is 11.5 Å². The molecular weight excluding hydrogens is 699 g/mol. The Kier molecular flexibility index (Phi) is 9.45. The third-order valence-corrected chi connectivity index (χ3v) is 12.3. The maximum atomic E-state index is 12.2. The highest BCUT2D eigenvalue weighted by atomic mass is 35.5. The molecule has 4 aliphatic rings. The fourth-order valence-electron chi connectivity index (χ4n) is 8.82. The molecule has 2 aliphatic carbocycles. The summed E-state index contributed by atoms with van der Waals surface area (Å²) in [5.74, 6) is 0.426. The van der Waals surface area contributed by atoms with E-state index in [1.54, 1.807) is 14.2 Å². The van der Waals surface area contributed by atoms with Crippen LogP contribution >= 0.6 is 23.2 Å². The van der Waals surface area contributed by atoms with Crippen molar-refractivity contribution in [3.63, 3.8) is 0 Å². The summed E-state index contributed by atoms with van der Waals surface area (Å²) in [6.07, 6.45) is 3.71. The Morgan fingerprint density at radius 1 is 0.712 bits per heavy atom. The van der Waals surface area contributed by atoms with Crippen LogP contribution in [0.3, 0.4) is 0 Å². The average Bonchev–Trinajstić information content (AvgIpc) is 3.71. The number of likely N-dealkylation sites (tertiary alicyclic amines) is 2. The SMILES string of the molecule is CCOC(=O)C1CN(C2CCc3cc(-c4cccc(-c5cccc(-c6cc7c(c(OC)c6)[C@@H](N6CC(C(=O)O)C6)CC7)c5Cl)c4Cl)cc(OC)c32)C1. The molecule has 4 aromatic carbocycles. The summed E-state index contributed by atoms with van der Waals surface area (Å²) in [4.78, 5) is 28.3. The molecule has 52 heavy (non-hydrogen) atoms. The molecule has 8 nitrogen and oxygen atoms in total. The predicted octanol–water partition coefficient (Wildman–Crippen LogP) is 8.50. The number of nitrogens with zero attached hydrogens (tertiary/aromatic N) is 2. The number of esters is 1. The van der Waals surface area contributed by atoms with Crippen LogP contribution in [0.5, 0.6) is 11.5 Å². The third kappa shape index (κ3) is 5.94. The number of hydrogen-bond donors (Lipinski definition) is 1. The first-order valence-electron chi connectivity index (χ1n) is 18.1. The first-order valence-corrected chi connectivity index (χ1v) is 18.8. The zero-order valence-corrected chi connectivity index (χ0v) is 31.1. The third-order valence-electron chi connectivity index (χ3n) is 11.5. The highest BCUT2D eigenvalue weighted by molar-refractivity contribution is 6.39. The first kappa shape index (κ1) is 35.0. The maximum absolute atomic E-state index is 12.2. The Hall–Kier alpha value is -4.08. The number of rotatable bonds is 10. The topological polar surface area (TPSA) is 88.5 Å². The molecule has 10 heteroatoms. The van der Waals surface area contributed by atoms with Crippen molar-refractivity contribution in [3.05, 3.63) is 93.0 Å². The molecule has 2 aliphatic heterocycles. The predicted molar refractivity (Wildman–Crippen MR) is 202 cm³/mol. The van der Waals surface area contributed by atoms with E-state index in [1.165, 1.54) is 16.7 Å². The monoisotopic (exact) mass is 740 g/mol. The molecule has 8 rings (SSSR count). The van der Waals surface area contributed by atoms with Gasteiger partial charge in [0.25, 0.3) is 0 Å². The van der Waals surface area contributed by atoms with Gasteiger partial charge in [-0.2, -0.15) is 0 Å². The van der Waals surface area contributed by atoms with Gasteiger partial charge in [-0.05, 0) is 67.0 Å². The Labute approximate surface area is 314 Å². The van der Waals surface area contributed by atoms with E-state index >= 15 is 0 Å². The molecule has 0 amide bonds. The van der Waals surface area contributed by atoms with E-state index in [9.17, 15) is 14.7 Å². The fraction of sp³-hybridized carbons (Fsp3) is 0.381. The maximum Gasteiger partial charge on any atom is 0.311 e. The highest BCUT2D eigenvalue weighted by Gasteiger charge is 2.43. The highest BCUT2D eigenvalue weighted by Crippen LogP contribution is 2.50. The molecule has 270 valence electrons. The van der Waals surface area contributed by atoms with E-state index in [4.69, 9.17) is 37.4 Å². The number of ether oxygens (including phenoxy) is 3. The number of hydrogen-bond acceptors (Lipinski definition) is 7. The van der Waals surface area contributed by atoms with E-state index in [2.05, 4.69) is 34.1 Å². The van der Waals surface area contributed by atoms with Crippen LogP contribution in [0.1, 0.15) is 54.1 Å². The van der Waals surface area contributed by atoms with Crippen LogP contribution in [0.4, 0.5) is 0 Å². The number of halogens is 2. The Bertz CT molecular complexity index is 2070. The zero-order chi connectivity index (χ0) is 36.3. The lowest BCUT2D eigenvalue weighted by atomic mass is 9.91. The number of methoxy groups -OCH3 is 2. The van der Waals surface area contributed by atoms with Gasteiger partial charge in [0, 0.05) is 71.6 Å². The second kappa shape index (κ2) is 14.0. The summed E-state index contributed by atoms with van der Waals surface area (Å²) in [5, 5.41) is 10.6. The van der Waals surface area contributed by atoms with Crippen LogP contribution in [-0.2, 0) is 27.2 Å². The van der Waals surface area contributed by atoms with Gasteiger partial charge in [-0.25, -0.2) is 0 Å².